The van der Waals surface area contributed by atoms with Gasteiger partial charge in [0.1, 0.15) is 5.78 Å². The molecule has 0 bridgehead atoms. The van der Waals surface area contributed by atoms with Crippen molar-refractivity contribution in [3.8, 4) is 0 Å². The summed E-state index contributed by atoms with van der Waals surface area (Å²) in [6.45, 7) is 5.13. The molecular weight excluding hydrogens is 334 g/mol. The van der Waals surface area contributed by atoms with Crippen molar-refractivity contribution < 1.29 is 9.59 Å². The second-order valence-electron chi connectivity index (χ2n) is 10.8. The molecule has 0 aromatic rings. The van der Waals surface area contributed by atoms with Gasteiger partial charge in [-0.1, -0.05) is 13.8 Å². The van der Waals surface area contributed by atoms with Crippen LogP contribution in [0.2, 0.25) is 0 Å². The number of hydrogen-bond acceptors (Lipinski definition) is 2. The zero-order valence-corrected chi connectivity index (χ0v) is 17.7. The maximum absolute atomic E-state index is 12.0. The summed E-state index contributed by atoms with van der Waals surface area (Å²) >= 11 is 0. The van der Waals surface area contributed by atoms with E-state index in [4.69, 9.17) is 0 Å². The fraction of sp³-hybridized carbons (Fsp3) is 0.917. The van der Waals surface area contributed by atoms with Crippen LogP contribution in [-0.2, 0) is 9.59 Å². The molecule has 27 heavy (non-hydrogen) atoms. The number of fused-ring (bicyclic) bond motifs is 5. The van der Waals surface area contributed by atoms with Gasteiger partial charge in [-0.2, -0.15) is 0 Å². The van der Waals surface area contributed by atoms with Crippen LogP contribution in [0.25, 0.3) is 0 Å². The highest BCUT2D eigenvalue weighted by Crippen LogP contribution is 2.67. The molecule has 1 amide bonds. The summed E-state index contributed by atoms with van der Waals surface area (Å²) in [6.07, 6.45) is 14.0. The average molecular weight is 374 g/mol. The van der Waals surface area contributed by atoms with Gasteiger partial charge < -0.3 is 5.32 Å². The molecule has 152 valence electrons. The Morgan fingerprint density at radius 1 is 1.04 bits per heavy atom. The molecule has 3 heteroatoms. The van der Waals surface area contributed by atoms with Crippen LogP contribution >= 0.6 is 0 Å². The lowest BCUT2D eigenvalue weighted by Gasteiger charge is -2.60. The SMILES string of the molecule is CNC(=O)CCCC1CCC2C3CCC4CC(=O)CCC4(C)C3CCC12C. The van der Waals surface area contributed by atoms with Crippen LogP contribution in [-0.4, -0.2) is 18.7 Å². The van der Waals surface area contributed by atoms with Gasteiger partial charge in [-0.25, -0.2) is 0 Å². The first-order valence-electron chi connectivity index (χ1n) is 11.6. The Morgan fingerprint density at radius 2 is 1.81 bits per heavy atom. The molecule has 0 saturated heterocycles. The fourth-order valence-electron chi connectivity index (χ4n) is 8.26. The maximum Gasteiger partial charge on any atom is 0.219 e. The van der Waals surface area contributed by atoms with E-state index in [1.807, 2.05) is 0 Å². The molecule has 4 fully saturated rings. The van der Waals surface area contributed by atoms with Crippen molar-refractivity contribution in [3.63, 3.8) is 0 Å². The van der Waals surface area contributed by atoms with Crippen LogP contribution in [0.1, 0.15) is 90.9 Å². The maximum atomic E-state index is 12.0. The molecule has 4 saturated carbocycles. The molecule has 4 aliphatic carbocycles. The first-order chi connectivity index (χ1) is 12.9. The molecule has 0 aromatic carbocycles. The molecule has 3 nitrogen and oxygen atoms in total. The lowest BCUT2D eigenvalue weighted by Crippen LogP contribution is -2.53. The van der Waals surface area contributed by atoms with Crippen molar-refractivity contribution in [2.45, 2.75) is 90.9 Å². The molecule has 7 unspecified atom stereocenters. The van der Waals surface area contributed by atoms with E-state index in [2.05, 4.69) is 19.2 Å². The molecular formula is C24H39NO2. The number of Topliss-reactive ketones (excluding diaryl/α,β-unsaturated/α-hetero) is 1. The van der Waals surface area contributed by atoms with Crippen molar-refractivity contribution in [3.05, 3.63) is 0 Å². The predicted octanol–water partition coefficient (Wildman–Crippen LogP) is 5.13. The predicted molar refractivity (Wildman–Crippen MR) is 108 cm³/mol. The largest absolute Gasteiger partial charge is 0.359 e. The van der Waals surface area contributed by atoms with Crippen molar-refractivity contribution in [2.75, 3.05) is 7.05 Å². The highest BCUT2D eigenvalue weighted by molar-refractivity contribution is 5.79. The van der Waals surface area contributed by atoms with Crippen molar-refractivity contribution >= 4 is 11.7 Å². The van der Waals surface area contributed by atoms with Crippen LogP contribution in [0.15, 0.2) is 0 Å². The lowest BCUT2D eigenvalue weighted by atomic mass is 9.44. The third-order valence-corrected chi connectivity index (χ3v) is 9.91. The third kappa shape index (κ3) is 3.17. The van der Waals surface area contributed by atoms with Gasteiger partial charge in [-0.15, -0.1) is 0 Å². The van der Waals surface area contributed by atoms with E-state index in [0.29, 0.717) is 29.0 Å². The molecule has 7 atom stereocenters. The number of hydrogen-bond donors (Lipinski definition) is 1. The molecule has 4 rings (SSSR count). The lowest BCUT2D eigenvalue weighted by molar-refractivity contribution is -0.139. The summed E-state index contributed by atoms with van der Waals surface area (Å²) in [6, 6.07) is 0. The standard InChI is InChI=1S/C24H39NO2/c1-23-14-12-21-19(9-7-17-15-18(26)11-13-24(17,21)2)20(23)10-8-16(23)5-4-6-22(27)25-3/h16-17,19-21H,4-15H2,1-3H3,(H,25,27). The van der Waals surface area contributed by atoms with E-state index in [1.54, 1.807) is 7.05 Å². The Balaban J connectivity index is 1.45. The smallest absolute Gasteiger partial charge is 0.219 e. The fourth-order valence-corrected chi connectivity index (χ4v) is 8.26. The Bertz CT molecular complexity index is 601. The summed E-state index contributed by atoms with van der Waals surface area (Å²) in [4.78, 5) is 23.6. The van der Waals surface area contributed by atoms with Gasteiger partial charge in [-0.3, -0.25) is 9.59 Å². The van der Waals surface area contributed by atoms with E-state index in [1.165, 1.54) is 44.9 Å². The van der Waals surface area contributed by atoms with Gasteiger partial charge in [0.25, 0.3) is 0 Å². The molecule has 0 radical (unpaired) electrons. The summed E-state index contributed by atoms with van der Waals surface area (Å²) in [5.41, 5.74) is 0.924. The molecule has 0 aliphatic heterocycles. The molecule has 1 N–H and O–H groups in total. The first kappa shape index (κ1) is 19.5. The van der Waals surface area contributed by atoms with Crippen LogP contribution in [0.4, 0.5) is 0 Å². The zero-order chi connectivity index (χ0) is 19.2. The molecule has 4 aliphatic rings. The Morgan fingerprint density at radius 3 is 2.59 bits per heavy atom. The van der Waals surface area contributed by atoms with E-state index in [9.17, 15) is 9.59 Å². The van der Waals surface area contributed by atoms with E-state index in [0.717, 1.165) is 49.4 Å². The van der Waals surface area contributed by atoms with Crippen molar-refractivity contribution in [1.82, 2.24) is 5.32 Å². The number of nitrogens with one attached hydrogen (secondary N) is 1. The Hall–Kier alpha value is -0.860. The second-order valence-corrected chi connectivity index (χ2v) is 10.8. The minimum atomic E-state index is 0.191. The Kier molecular flexibility index (Phi) is 5.18. The van der Waals surface area contributed by atoms with E-state index < -0.39 is 0 Å². The Labute approximate surface area is 165 Å². The van der Waals surface area contributed by atoms with Crippen LogP contribution in [0, 0.1) is 40.4 Å². The number of rotatable bonds is 4. The van der Waals surface area contributed by atoms with Crippen molar-refractivity contribution in [2.24, 2.45) is 40.4 Å². The second kappa shape index (κ2) is 7.19. The van der Waals surface area contributed by atoms with Gasteiger partial charge in [0.15, 0.2) is 0 Å². The van der Waals surface area contributed by atoms with Gasteiger partial charge >= 0.3 is 0 Å². The zero-order valence-electron chi connectivity index (χ0n) is 17.7. The number of amides is 1. The number of ketones is 1. The van der Waals surface area contributed by atoms with Gasteiger partial charge in [0.05, 0.1) is 0 Å². The topological polar surface area (TPSA) is 46.2 Å². The summed E-state index contributed by atoms with van der Waals surface area (Å²) in [5.74, 6) is 4.82. The third-order valence-electron chi connectivity index (χ3n) is 9.91. The molecule has 0 aromatic heterocycles. The monoisotopic (exact) mass is 373 g/mol. The summed E-state index contributed by atoms with van der Waals surface area (Å²) in [5, 5.41) is 2.76. The first-order valence-corrected chi connectivity index (χ1v) is 11.6. The van der Waals surface area contributed by atoms with Crippen LogP contribution in [0.3, 0.4) is 0 Å². The quantitative estimate of drug-likeness (QED) is 0.742. The highest BCUT2D eigenvalue weighted by Gasteiger charge is 2.59. The van der Waals surface area contributed by atoms with Gasteiger partial charge in [0.2, 0.25) is 5.91 Å². The highest BCUT2D eigenvalue weighted by atomic mass is 16.1. The number of carbonyl (C=O) groups is 2. The minimum Gasteiger partial charge on any atom is -0.359 e. The summed E-state index contributed by atoms with van der Waals surface area (Å²) in [7, 11) is 1.74. The van der Waals surface area contributed by atoms with E-state index >= 15 is 0 Å². The average Bonchev–Trinajstić information content (AvgIpc) is 2.99. The number of carbonyl (C=O) groups excluding carboxylic acids is 2. The van der Waals surface area contributed by atoms with Crippen LogP contribution in [0.5, 0.6) is 0 Å². The molecule has 0 heterocycles. The minimum absolute atomic E-state index is 0.191. The van der Waals surface area contributed by atoms with Gasteiger partial charge in [-0.05, 0) is 98.2 Å². The molecule has 0 spiro atoms. The summed E-state index contributed by atoms with van der Waals surface area (Å²) < 4.78 is 0. The van der Waals surface area contributed by atoms with Crippen LogP contribution < -0.4 is 5.32 Å². The normalized spacial score (nSPS) is 46.3. The van der Waals surface area contributed by atoms with Gasteiger partial charge in [0, 0.05) is 26.3 Å². The van der Waals surface area contributed by atoms with Crippen molar-refractivity contribution in [1.29, 1.82) is 0 Å². The van der Waals surface area contributed by atoms with E-state index in [-0.39, 0.29) is 5.91 Å².